The molecule has 0 saturated carbocycles. The van der Waals surface area contributed by atoms with Crippen molar-refractivity contribution >= 4 is 28.5 Å². The molecule has 3 aliphatic heterocycles. The van der Waals surface area contributed by atoms with Gasteiger partial charge in [-0.15, -0.1) is 0 Å². The fraction of sp³-hybridized carbons (Fsp3) is 0.462. The number of rotatable bonds is 3. The summed E-state index contributed by atoms with van der Waals surface area (Å²) in [5, 5.41) is 1.67. The van der Waals surface area contributed by atoms with Gasteiger partial charge in [-0.25, -0.2) is 4.98 Å². The van der Waals surface area contributed by atoms with Crippen LogP contribution in [0.3, 0.4) is 0 Å². The number of hydrogen-bond acceptors (Lipinski definition) is 4. The highest BCUT2D eigenvalue weighted by Crippen LogP contribution is 2.43. The summed E-state index contributed by atoms with van der Waals surface area (Å²) < 4.78 is 6.34. The molecule has 3 aliphatic rings. The first kappa shape index (κ1) is 21.0. The summed E-state index contributed by atoms with van der Waals surface area (Å²) in [5.74, 6) is 0.876. The lowest BCUT2D eigenvalue weighted by molar-refractivity contribution is -0.139. The van der Waals surface area contributed by atoms with Crippen LogP contribution in [0.5, 0.6) is 5.75 Å². The van der Waals surface area contributed by atoms with E-state index >= 15 is 0 Å². The van der Waals surface area contributed by atoms with Gasteiger partial charge in [0.25, 0.3) is 5.91 Å². The number of nitrogens with one attached hydrogen (secondary N) is 1. The quantitative estimate of drug-likeness (QED) is 0.612. The lowest BCUT2D eigenvalue weighted by Crippen LogP contribution is -2.50. The highest BCUT2D eigenvalue weighted by atomic mass is 35.5. The third kappa shape index (κ3) is 3.89. The number of hydrogen-bond donors (Lipinski definition) is 1. The second kappa shape index (κ2) is 8.65. The fourth-order valence-electron chi connectivity index (χ4n) is 5.80. The minimum absolute atomic E-state index is 0.104. The molecule has 1 amide bonds. The third-order valence-corrected chi connectivity index (χ3v) is 7.72. The molecular weight excluding hydrogens is 436 g/mol. The Balaban J connectivity index is 1.20. The van der Waals surface area contributed by atoms with Gasteiger partial charge in [0.05, 0.1) is 0 Å². The molecule has 172 valence electrons. The zero-order valence-corrected chi connectivity index (χ0v) is 19.5. The summed E-state index contributed by atoms with van der Waals surface area (Å²) in [6.45, 7) is 4.06. The van der Waals surface area contributed by atoms with Crippen LogP contribution in [0.2, 0.25) is 5.02 Å². The Morgan fingerprint density at radius 3 is 2.70 bits per heavy atom. The highest BCUT2D eigenvalue weighted by molar-refractivity contribution is 6.31. The average molecular weight is 465 g/mol. The molecule has 0 aliphatic carbocycles. The number of aromatic nitrogens is 2. The normalized spacial score (nSPS) is 21.8. The van der Waals surface area contributed by atoms with Crippen molar-refractivity contribution in [2.24, 2.45) is 0 Å². The smallest absolute Gasteiger partial charge is 0.263 e. The molecule has 2 saturated heterocycles. The lowest BCUT2D eigenvalue weighted by atomic mass is 9.98. The number of nitrogens with zero attached hydrogens (tertiary/aromatic N) is 3. The van der Waals surface area contributed by atoms with E-state index in [0.717, 1.165) is 59.4 Å². The second-order valence-corrected chi connectivity index (χ2v) is 9.94. The summed E-state index contributed by atoms with van der Waals surface area (Å²) in [4.78, 5) is 25.6. The molecule has 1 N–H and O–H groups in total. The molecule has 1 aromatic carbocycles. The SMILES string of the molecule is O=C(C1Cc2cc(Cl)cc(-c3ccnc4[nH]ccc34)c2O1)N1CCC(N2CCCCC2)CC1. The number of piperidine rings is 2. The van der Waals surface area contributed by atoms with Gasteiger partial charge in [-0.3, -0.25) is 4.79 Å². The highest BCUT2D eigenvalue weighted by Gasteiger charge is 2.36. The zero-order valence-electron chi connectivity index (χ0n) is 18.7. The Labute approximate surface area is 198 Å². The number of likely N-dealkylation sites (tertiary alicyclic amines) is 2. The first-order chi connectivity index (χ1) is 16.2. The van der Waals surface area contributed by atoms with E-state index in [0.29, 0.717) is 17.5 Å². The van der Waals surface area contributed by atoms with Gasteiger partial charge in [0, 0.05) is 59.5 Å². The van der Waals surface area contributed by atoms with E-state index in [9.17, 15) is 4.79 Å². The number of fused-ring (bicyclic) bond motifs is 2. The van der Waals surface area contributed by atoms with Gasteiger partial charge in [-0.2, -0.15) is 0 Å². The predicted molar refractivity (Wildman–Crippen MR) is 130 cm³/mol. The van der Waals surface area contributed by atoms with Gasteiger partial charge in [0.1, 0.15) is 11.4 Å². The third-order valence-electron chi connectivity index (χ3n) is 7.51. The van der Waals surface area contributed by atoms with Crippen molar-refractivity contribution in [3.8, 4) is 16.9 Å². The van der Waals surface area contributed by atoms with E-state index in [2.05, 4.69) is 14.9 Å². The maximum Gasteiger partial charge on any atom is 0.263 e. The average Bonchev–Trinajstić information content (AvgIpc) is 3.51. The molecule has 3 aromatic rings. The van der Waals surface area contributed by atoms with Crippen molar-refractivity contribution in [3.63, 3.8) is 0 Å². The van der Waals surface area contributed by atoms with Crippen LogP contribution in [0.4, 0.5) is 0 Å². The van der Waals surface area contributed by atoms with Crippen LogP contribution in [-0.2, 0) is 11.2 Å². The number of benzene rings is 1. The number of carbonyl (C=O) groups is 1. The zero-order chi connectivity index (χ0) is 22.4. The molecule has 6 nitrogen and oxygen atoms in total. The molecule has 7 heteroatoms. The van der Waals surface area contributed by atoms with Crippen molar-refractivity contribution in [2.75, 3.05) is 26.2 Å². The Morgan fingerprint density at radius 2 is 1.88 bits per heavy atom. The van der Waals surface area contributed by atoms with Crippen molar-refractivity contribution in [3.05, 3.63) is 47.2 Å². The van der Waals surface area contributed by atoms with Crippen molar-refractivity contribution in [1.29, 1.82) is 0 Å². The number of carbonyl (C=O) groups excluding carboxylic acids is 1. The molecule has 1 atom stereocenters. The number of halogens is 1. The minimum Gasteiger partial charge on any atom is -0.479 e. The molecule has 1 unspecified atom stereocenters. The van der Waals surface area contributed by atoms with Crippen LogP contribution < -0.4 is 4.74 Å². The summed E-state index contributed by atoms with van der Waals surface area (Å²) >= 11 is 6.49. The molecule has 0 bridgehead atoms. The summed E-state index contributed by atoms with van der Waals surface area (Å²) in [5.41, 5.74) is 3.75. The molecular formula is C26H29ClN4O2. The topological polar surface area (TPSA) is 61.5 Å². The van der Waals surface area contributed by atoms with Crippen LogP contribution in [0.15, 0.2) is 36.7 Å². The number of pyridine rings is 1. The number of ether oxygens (including phenoxy) is 1. The number of H-pyrrole nitrogens is 1. The first-order valence-electron chi connectivity index (χ1n) is 12.1. The molecule has 2 aromatic heterocycles. The van der Waals surface area contributed by atoms with Crippen LogP contribution in [0, 0.1) is 0 Å². The lowest BCUT2D eigenvalue weighted by Gasteiger charge is -2.40. The van der Waals surface area contributed by atoms with E-state index in [1.807, 2.05) is 35.4 Å². The maximum absolute atomic E-state index is 13.4. The van der Waals surface area contributed by atoms with Crippen LogP contribution in [-0.4, -0.2) is 64.0 Å². The van der Waals surface area contributed by atoms with Gasteiger partial charge in [0.15, 0.2) is 6.10 Å². The molecule has 33 heavy (non-hydrogen) atoms. The first-order valence-corrected chi connectivity index (χ1v) is 12.5. The predicted octanol–water partition coefficient (Wildman–Crippen LogP) is 4.66. The molecule has 5 heterocycles. The Bertz CT molecular complexity index is 1180. The molecule has 0 radical (unpaired) electrons. The van der Waals surface area contributed by atoms with Gasteiger partial charge in [0.2, 0.25) is 0 Å². The number of amides is 1. The molecule has 0 spiro atoms. The van der Waals surface area contributed by atoms with E-state index in [-0.39, 0.29) is 5.91 Å². The van der Waals surface area contributed by atoms with Crippen molar-refractivity contribution in [1.82, 2.24) is 19.8 Å². The second-order valence-electron chi connectivity index (χ2n) is 9.50. The Morgan fingerprint density at radius 1 is 1.06 bits per heavy atom. The van der Waals surface area contributed by atoms with Gasteiger partial charge in [-0.1, -0.05) is 18.0 Å². The minimum atomic E-state index is -0.479. The van der Waals surface area contributed by atoms with E-state index < -0.39 is 6.10 Å². The van der Waals surface area contributed by atoms with Gasteiger partial charge < -0.3 is 19.5 Å². The Kier molecular flexibility index (Phi) is 5.51. The van der Waals surface area contributed by atoms with E-state index in [1.54, 1.807) is 6.20 Å². The maximum atomic E-state index is 13.4. The van der Waals surface area contributed by atoms with Crippen LogP contribution in [0.25, 0.3) is 22.2 Å². The van der Waals surface area contributed by atoms with Crippen molar-refractivity contribution in [2.45, 2.75) is 50.7 Å². The summed E-state index contributed by atoms with van der Waals surface area (Å²) in [6, 6.07) is 8.48. The Hall–Kier alpha value is -2.57. The molecule has 6 rings (SSSR count). The largest absolute Gasteiger partial charge is 0.479 e. The molecule has 2 fully saturated rings. The van der Waals surface area contributed by atoms with Crippen LogP contribution >= 0.6 is 11.6 Å². The summed E-state index contributed by atoms with van der Waals surface area (Å²) in [6.07, 6.45) is 9.85. The fourth-order valence-corrected chi connectivity index (χ4v) is 6.04. The van der Waals surface area contributed by atoms with E-state index in [4.69, 9.17) is 16.3 Å². The standard InChI is InChI=1S/C26H29ClN4O2/c27-18-14-17-15-23(26(32)31-12-6-19(7-13-31)30-10-2-1-3-11-30)33-24(17)22(16-18)20-4-8-28-25-21(20)5-9-29-25/h4-5,8-9,14,16,19,23H,1-3,6-7,10-13,15H2,(H,28,29). The summed E-state index contributed by atoms with van der Waals surface area (Å²) in [7, 11) is 0. The van der Waals surface area contributed by atoms with Crippen LogP contribution in [0.1, 0.15) is 37.7 Å². The van der Waals surface area contributed by atoms with Crippen molar-refractivity contribution < 1.29 is 9.53 Å². The van der Waals surface area contributed by atoms with Gasteiger partial charge in [-0.05, 0) is 68.6 Å². The number of aromatic amines is 1. The monoisotopic (exact) mass is 464 g/mol. The van der Waals surface area contributed by atoms with Gasteiger partial charge >= 0.3 is 0 Å². The van der Waals surface area contributed by atoms with E-state index in [1.165, 1.54) is 32.4 Å².